The zero-order valence-corrected chi connectivity index (χ0v) is 7.51. The van der Waals surface area contributed by atoms with Gasteiger partial charge in [0.2, 0.25) is 0 Å². The van der Waals surface area contributed by atoms with E-state index in [4.69, 9.17) is 5.02 Å². The third-order valence-electron chi connectivity index (χ3n) is 2.51. The first-order valence-corrected chi connectivity index (χ1v) is 4.60. The molecule has 0 radical (unpaired) electrons. The molecule has 0 bridgehead atoms. The van der Waals surface area contributed by atoms with Gasteiger partial charge in [0.05, 0.1) is 0 Å². The Labute approximate surface area is 69.5 Å². The van der Waals surface area contributed by atoms with Crippen LogP contribution >= 0.6 is 0 Å². The van der Waals surface area contributed by atoms with E-state index in [2.05, 4.69) is 12.2 Å². The average molecular weight is 155 g/mol. The number of hydrogen-bond acceptors (Lipinski definition) is 2. The third-order valence-corrected chi connectivity index (χ3v) is 2.51. The summed E-state index contributed by atoms with van der Waals surface area (Å²) >= 11 is 0. The van der Waals surface area contributed by atoms with Crippen molar-refractivity contribution in [1.29, 1.82) is 0 Å². The predicted molar refractivity (Wildman–Crippen MR) is 48.3 cm³/mol. The van der Waals surface area contributed by atoms with E-state index in [1.807, 2.05) is 0 Å². The Hall–Kier alpha value is -0.0151. The summed E-state index contributed by atoms with van der Waals surface area (Å²) in [6.07, 6.45) is 4.03. The highest BCUT2D eigenvalue weighted by Gasteiger charge is 2.21. The molecule has 0 aromatic rings. The molecule has 2 unspecified atom stereocenters. The lowest BCUT2D eigenvalue weighted by atomic mass is 9.87. The first-order chi connectivity index (χ1) is 5.18. The molecule has 0 aromatic heterocycles. The van der Waals surface area contributed by atoms with Gasteiger partial charge in [0.1, 0.15) is 0 Å². The van der Waals surface area contributed by atoms with E-state index in [9.17, 15) is 0 Å². The van der Waals surface area contributed by atoms with Crippen LogP contribution < -0.4 is 5.23 Å². The largest absolute Gasteiger partial charge is 0.437 e. The first-order valence-electron chi connectivity index (χ1n) is 4.60. The number of rotatable bonds is 3. The molecule has 1 aliphatic carbocycles. The van der Waals surface area contributed by atoms with Gasteiger partial charge in [0.25, 0.3) is 0 Å². The van der Waals surface area contributed by atoms with E-state index >= 15 is 0 Å². The molecule has 2 nitrogen and oxygen atoms in total. The van der Waals surface area contributed by atoms with Crippen molar-refractivity contribution in [1.82, 2.24) is 5.23 Å². The van der Waals surface area contributed by atoms with Crippen LogP contribution in [0.2, 0.25) is 6.82 Å². The minimum absolute atomic E-state index is 0.342. The van der Waals surface area contributed by atoms with Crippen molar-refractivity contribution in [3.05, 3.63) is 0 Å². The van der Waals surface area contributed by atoms with E-state index in [1.54, 1.807) is 6.82 Å². The summed E-state index contributed by atoms with van der Waals surface area (Å²) in [4.78, 5) is 0. The lowest BCUT2D eigenvalue weighted by Gasteiger charge is -2.10. The van der Waals surface area contributed by atoms with Crippen LogP contribution in [0, 0.1) is 11.8 Å². The molecule has 0 aromatic carbocycles. The maximum Gasteiger partial charge on any atom is 0.373 e. The molecule has 1 fully saturated rings. The quantitative estimate of drug-likeness (QED) is 0.598. The van der Waals surface area contributed by atoms with Crippen molar-refractivity contribution in [2.75, 3.05) is 6.54 Å². The molecular formula is C8H18BNO. The molecule has 3 heteroatoms. The Morgan fingerprint density at radius 1 is 1.55 bits per heavy atom. The fourth-order valence-electron chi connectivity index (χ4n) is 1.85. The molecule has 64 valence electrons. The van der Waals surface area contributed by atoms with Crippen LogP contribution in [0.1, 0.15) is 26.2 Å². The van der Waals surface area contributed by atoms with Crippen molar-refractivity contribution in [2.45, 2.75) is 33.0 Å². The predicted octanol–water partition coefficient (Wildman–Crippen LogP) is 1.12. The molecule has 2 N–H and O–H groups in total. The maximum atomic E-state index is 8.97. The second-order valence-electron chi connectivity index (χ2n) is 3.87. The van der Waals surface area contributed by atoms with Crippen LogP contribution in [0.5, 0.6) is 0 Å². The van der Waals surface area contributed by atoms with Gasteiger partial charge in [0.15, 0.2) is 0 Å². The standard InChI is InChI=1S/C8H18BNO/c1-7-3-4-8(5-7)6-10-9(2)11/h7-8,10-11H,3-6H2,1-2H3. The minimum Gasteiger partial charge on any atom is -0.437 e. The van der Waals surface area contributed by atoms with Crippen molar-refractivity contribution in [3.8, 4) is 0 Å². The van der Waals surface area contributed by atoms with Gasteiger partial charge >= 0.3 is 7.05 Å². The first kappa shape index (κ1) is 9.08. The Morgan fingerprint density at radius 2 is 2.27 bits per heavy atom. The summed E-state index contributed by atoms with van der Waals surface area (Å²) in [5.74, 6) is 1.70. The van der Waals surface area contributed by atoms with Crippen molar-refractivity contribution < 1.29 is 5.02 Å². The van der Waals surface area contributed by atoms with Gasteiger partial charge in [-0.1, -0.05) is 13.3 Å². The molecule has 1 rings (SSSR count). The Balaban J connectivity index is 2.08. The fraction of sp³-hybridized carbons (Fsp3) is 1.00. The molecule has 0 spiro atoms. The molecule has 0 heterocycles. The summed E-state index contributed by atoms with van der Waals surface area (Å²) in [5.41, 5.74) is 0. The van der Waals surface area contributed by atoms with Gasteiger partial charge in [-0.3, -0.25) is 0 Å². The smallest absolute Gasteiger partial charge is 0.373 e. The van der Waals surface area contributed by atoms with Crippen LogP contribution in [0.3, 0.4) is 0 Å². The molecular weight excluding hydrogens is 137 g/mol. The zero-order valence-electron chi connectivity index (χ0n) is 7.51. The highest BCUT2D eigenvalue weighted by molar-refractivity contribution is 6.45. The van der Waals surface area contributed by atoms with Gasteiger partial charge in [-0.2, -0.15) is 0 Å². The van der Waals surface area contributed by atoms with Gasteiger partial charge in [-0.15, -0.1) is 0 Å². The van der Waals surface area contributed by atoms with E-state index < -0.39 is 0 Å². The summed E-state index contributed by atoms with van der Waals surface area (Å²) in [6, 6.07) is 0. The zero-order chi connectivity index (χ0) is 8.27. The van der Waals surface area contributed by atoms with Crippen molar-refractivity contribution in [2.24, 2.45) is 11.8 Å². The molecule has 11 heavy (non-hydrogen) atoms. The molecule has 0 amide bonds. The van der Waals surface area contributed by atoms with Crippen LogP contribution in [0.25, 0.3) is 0 Å². The maximum absolute atomic E-state index is 8.97. The SMILES string of the molecule is CB(O)NCC1CCC(C)C1. The molecule has 2 atom stereocenters. The summed E-state index contributed by atoms with van der Waals surface area (Å²) in [5, 5.41) is 12.0. The fourth-order valence-corrected chi connectivity index (χ4v) is 1.85. The molecule has 0 saturated heterocycles. The van der Waals surface area contributed by atoms with Crippen LogP contribution in [0.15, 0.2) is 0 Å². The Morgan fingerprint density at radius 3 is 2.73 bits per heavy atom. The van der Waals surface area contributed by atoms with Crippen LogP contribution in [-0.4, -0.2) is 18.6 Å². The van der Waals surface area contributed by atoms with E-state index in [-0.39, 0.29) is 7.05 Å². The van der Waals surface area contributed by atoms with Crippen LogP contribution in [0.4, 0.5) is 0 Å². The summed E-state index contributed by atoms with van der Waals surface area (Å²) < 4.78 is 0. The van der Waals surface area contributed by atoms with E-state index in [0.717, 1.165) is 18.4 Å². The van der Waals surface area contributed by atoms with Gasteiger partial charge < -0.3 is 10.3 Å². The van der Waals surface area contributed by atoms with Crippen molar-refractivity contribution in [3.63, 3.8) is 0 Å². The molecule has 1 saturated carbocycles. The molecule has 1 aliphatic rings. The summed E-state index contributed by atoms with van der Waals surface area (Å²) in [6.45, 7) is 5.07. The highest BCUT2D eigenvalue weighted by Crippen LogP contribution is 2.29. The third kappa shape index (κ3) is 3.26. The second-order valence-corrected chi connectivity index (χ2v) is 3.87. The number of hydrogen-bond donors (Lipinski definition) is 2. The Bertz CT molecular complexity index is 119. The topological polar surface area (TPSA) is 32.3 Å². The van der Waals surface area contributed by atoms with Gasteiger partial charge in [-0.25, -0.2) is 0 Å². The average Bonchev–Trinajstić information content (AvgIpc) is 2.31. The Kier molecular flexibility index (Phi) is 3.40. The van der Waals surface area contributed by atoms with Crippen molar-refractivity contribution >= 4 is 7.05 Å². The molecule has 0 aliphatic heterocycles. The second kappa shape index (κ2) is 4.12. The summed E-state index contributed by atoms with van der Waals surface area (Å²) in [7, 11) is -0.342. The monoisotopic (exact) mass is 155 g/mol. The van der Waals surface area contributed by atoms with E-state index in [0.29, 0.717) is 0 Å². The minimum atomic E-state index is -0.342. The lowest BCUT2D eigenvalue weighted by Crippen LogP contribution is -2.34. The number of nitrogens with one attached hydrogen (secondary N) is 1. The van der Waals surface area contributed by atoms with Crippen LogP contribution in [-0.2, 0) is 0 Å². The highest BCUT2D eigenvalue weighted by atomic mass is 16.2. The van der Waals surface area contributed by atoms with Gasteiger partial charge in [0, 0.05) is 0 Å². The van der Waals surface area contributed by atoms with E-state index in [1.165, 1.54) is 19.3 Å². The normalized spacial score (nSPS) is 30.8. The van der Waals surface area contributed by atoms with Gasteiger partial charge in [-0.05, 0) is 38.0 Å². The lowest BCUT2D eigenvalue weighted by molar-refractivity contribution is 0.482.